The van der Waals surface area contributed by atoms with Crippen molar-refractivity contribution >= 4 is 27.5 Å². The van der Waals surface area contributed by atoms with Crippen LogP contribution < -0.4 is 5.73 Å². The molecule has 72 valence electrons. The van der Waals surface area contributed by atoms with Gasteiger partial charge in [-0.3, -0.25) is 0 Å². The number of halogens is 2. The van der Waals surface area contributed by atoms with Gasteiger partial charge in [-0.25, -0.2) is 0 Å². The molecule has 1 rings (SSSR count). The maximum Gasteiger partial charge on any atom is 0.100 e. The molecule has 1 aromatic rings. The highest BCUT2D eigenvalue weighted by Gasteiger charge is 2.23. The van der Waals surface area contributed by atoms with Gasteiger partial charge >= 0.3 is 0 Å². The standard InChI is InChI=1S/C9H11BrClNO/c1-9(13,5-12)7-4-6(11)2-3-8(7)10/h2-4,13H,5,12H2,1H3. The number of nitrogens with two attached hydrogens (primary N) is 1. The first-order valence-electron chi connectivity index (χ1n) is 3.85. The fourth-order valence-electron chi connectivity index (χ4n) is 1.02. The highest BCUT2D eigenvalue weighted by atomic mass is 79.9. The van der Waals surface area contributed by atoms with E-state index in [-0.39, 0.29) is 6.54 Å². The third-order valence-corrected chi connectivity index (χ3v) is 2.83. The largest absolute Gasteiger partial charge is 0.384 e. The monoisotopic (exact) mass is 263 g/mol. The van der Waals surface area contributed by atoms with Crippen LogP contribution in [0.3, 0.4) is 0 Å². The molecule has 4 heteroatoms. The van der Waals surface area contributed by atoms with Gasteiger partial charge in [0, 0.05) is 21.6 Å². The number of hydrogen-bond donors (Lipinski definition) is 2. The minimum Gasteiger partial charge on any atom is -0.384 e. The zero-order valence-electron chi connectivity index (χ0n) is 7.22. The minimum absolute atomic E-state index is 0.159. The van der Waals surface area contributed by atoms with Gasteiger partial charge in [0.25, 0.3) is 0 Å². The Morgan fingerprint density at radius 2 is 2.23 bits per heavy atom. The van der Waals surface area contributed by atoms with Gasteiger partial charge in [0.05, 0.1) is 0 Å². The Balaban J connectivity index is 3.20. The summed E-state index contributed by atoms with van der Waals surface area (Å²) in [6, 6.07) is 5.25. The minimum atomic E-state index is -1.04. The van der Waals surface area contributed by atoms with E-state index in [0.29, 0.717) is 10.6 Å². The lowest BCUT2D eigenvalue weighted by Crippen LogP contribution is -2.31. The summed E-state index contributed by atoms with van der Waals surface area (Å²) in [7, 11) is 0. The number of aliphatic hydroxyl groups is 1. The van der Waals surface area contributed by atoms with Crippen molar-refractivity contribution in [2.24, 2.45) is 5.73 Å². The predicted octanol–water partition coefficient (Wildman–Crippen LogP) is 2.27. The molecule has 0 heterocycles. The lowest BCUT2D eigenvalue weighted by Gasteiger charge is -2.23. The molecule has 0 spiro atoms. The average molecular weight is 265 g/mol. The van der Waals surface area contributed by atoms with E-state index in [9.17, 15) is 5.11 Å². The molecule has 0 aliphatic carbocycles. The predicted molar refractivity (Wildman–Crippen MR) is 57.8 cm³/mol. The van der Waals surface area contributed by atoms with E-state index in [2.05, 4.69) is 15.9 Å². The zero-order chi connectivity index (χ0) is 10.1. The summed E-state index contributed by atoms with van der Waals surface area (Å²) in [5.41, 5.74) is 5.12. The van der Waals surface area contributed by atoms with Crippen LogP contribution in [-0.2, 0) is 5.60 Å². The van der Waals surface area contributed by atoms with Crippen LogP contribution >= 0.6 is 27.5 Å². The molecule has 0 fully saturated rings. The topological polar surface area (TPSA) is 46.2 Å². The first-order valence-corrected chi connectivity index (χ1v) is 5.02. The molecule has 0 aromatic heterocycles. The molecule has 3 N–H and O–H groups in total. The van der Waals surface area contributed by atoms with Crippen molar-refractivity contribution in [1.29, 1.82) is 0 Å². The van der Waals surface area contributed by atoms with Crippen LogP contribution in [-0.4, -0.2) is 11.7 Å². The first kappa shape index (κ1) is 11.0. The maximum absolute atomic E-state index is 9.89. The molecule has 1 unspecified atom stereocenters. The Kier molecular flexibility index (Phi) is 3.35. The van der Waals surface area contributed by atoms with Crippen molar-refractivity contribution in [1.82, 2.24) is 0 Å². The summed E-state index contributed by atoms with van der Waals surface area (Å²) in [4.78, 5) is 0. The lowest BCUT2D eigenvalue weighted by atomic mass is 9.96. The summed E-state index contributed by atoms with van der Waals surface area (Å²) >= 11 is 9.14. The number of benzene rings is 1. The van der Waals surface area contributed by atoms with E-state index < -0.39 is 5.60 Å². The third kappa shape index (κ3) is 2.44. The molecule has 13 heavy (non-hydrogen) atoms. The van der Waals surface area contributed by atoms with Gasteiger partial charge in [0.2, 0.25) is 0 Å². The molecule has 0 saturated carbocycles. The molecule has 0 aliphatic rings. The van der Waals surface area contributed by atoms with Crippen molar-refractivity contribution in [3.8, 4) is 0 Å². The molecule has 0 radical (unpaired) electrons. The molecule has 1 aromatic carbocycles. The van der Waals surface area contributed by atoms with Gasteiger partial charge in [-0.2, -0.15) is 0 Å². The fraction of sp³-hybridized carbons (Fsp3) is 0.333. The van der Waals surface area contributed by atoms with Crippen LogP contribution in [0.1, 0.15) is 12.5 Å². The van der Waals surface area contributed by atoms with Crippen molar-refractivity contribution in [3.63, 3.8) is 0 Å². The van der Waals surface area contributed by atoms with Crippen molar-refractivity contribution in [2.75, 3.05) is 6.54 Å². The first-order chi connectivity index (χ1) is 5.97. The van der Waals surface area contributed by atoms with Gasteiger partial charge in [-0.15, -0.1) is 0 Å². The molecule has 2 nitrogen and oxygen atoms in total. The van der Waals surface area contributed by atoms with E-state index in [0.717, 1.165) is 4.47 Å². The Hall–Kier alpha value is -0.0900. The third-order valence-electron chi connectivity index (χ3n) is 1.91. The van der Waals surface area contributed by atoms with E-state index in [4.69, 9.17) is 17.3 Å². The van der Waals surface area contributed by atoms with Crippen LogP contribution in [0.5, 0.6) is 0 Å². The van der Waals surface area contributed by atoms with Crippen molar-refractivity contribution < 1.29 is 5.11 Å². The summed E-state index contributed by atoms with van der Waals surface area (Å²) < 4.78 is 0.812. The van der Waals surface area contributed by atoms with E-state index in [1.165, 1.54) is 0 Å². The SMILES string of the molecule is CC(O)(CN)c1cc(Cl)ccc1Br. The van der Waals surface area contributed by atoms with Crippen LogP contribution in [0.15, 0.2) is 22.7 Å². The summed E-state index contributed by atoms with van der Waals surface area (Å²) in [5.74, 6) is 0. The Morgan fingerprint density at radius 1 is 1.62 bits per heavy atom. The molecular weight excluding hydrogens is 253 g/mol. The van der Waals surface area contributed by atoms with Gasteiger partial charge in [0.15, 0.2) is 0 Å². The summed E-state index contributed by atoms with van der Waals surface area (Å²) in [5, 5.41) is 10.5. The van der Waals surface area contributed by atoms with E-state index in [1.807, 2.05) is 0 Å². The lowest BCUT2D eigenvalue weighted by molar-refractivity contribution is 0.0661. The summed E-state index contributed by atoms with van der Waals surface area (Å²) in [6.07, 6.45) is 0. The molecule has 1 atom stereocenters. The quantitative estimate of drug-likeness (QED) is 0.861. The second-order valence-electron chi connectivity index (χ2n) is 3.10. The Labute approximate surface area is 90.8 Å². The smallest absolute Gasteiger partial charge is 0.100 e. The molecule has 0 saturated heterocycles. The molecular formula is C9H11BrClNO. The van der Waals surface area contributed by atoms with E-state index in [1.54, 1.807) is 25.1 Å². The maximum atomic E-state index is 9.89. The van der Waals surface area contributed by atoms with Crippen molar-refractivity contribution in [2.45, 2.75) is 12.5 Å². The molecule has 0 aliphatic heterocycles. The van der Waals surface area contributed by atoms with Crippen LogP contribution in [0, 0.1) is 0 Å². The van der Waals surface area contributed by atoms with Crippen molar-refractivity contribution in [3.05, 3.63) is 33.3 Å². The normalized spacial score (nSPS) is 15.5. The summed E-state index contributed by atoms with van der Waals surface area (Å²) in [6.45, 7) is 1.81. The van der Waals surface area contributed by atoms with Gasteiger partial charge in [-0.1, -0.05) is 27.5 Å². The second-order valence-corrected chi connectivity index (χ2v) is 4.39. The van der Waals surface area contributed by atoms with Crippen LogP contribution in [0.4, 0.5) is 0 Å². The van der Waals surface area contributed by atoms with E-state index >= 15 is 0 Å². The fourth-order valence-corrected chi connectivity index (χ4v) is 1.87. The highest BCUT2D eigenvalue weighted by Crippen LogP contribution is 2.29. The molecule has 0 amide bonds. The second kappa shape index (κ2) is 3.96. The van der Waals surface area contributed by atoms with Gasteiger partial charge in [-0.05, 0) is 25.1 Å². The zero-order valence-corrected chi connectivity index (χ0v) is 9.56. The number of rotatable bonds is 2. The highest BCUT2D eigenvalue weighted by molar-refractivity contribution is 9.10. The number of hydrogen-bond acceptors (Lipinski definition) is 2. The van der Waals surface area contributed by atoms with Gasteiger partial charge in [0.1, 0.15) is 5.60 Å². The van der Waals surface area contributed by atoms with Gasteiger partial charge < -0.3 is 10.8 Å². The van der Waals surface area contributed by atoms with Crippen LogP contribution in [0.2, 0.25) is 5.02 Å². The Morgan fingerprint density at radius 3 is 2.77 bits per heavy atom. The van der Waals surface area contributed by atoms with Crippen LogP contribution in [0.25, 0.3) is 0 Å². The Bertz CT molecular complexity index is 314. The average Bonchev–Trinajstić information content (AvgIpc) is 2.09. The molecule has 0 bridgehead atoms.